The summed E-state index contributed by atoms with van der Waals surface area (Å²) in [5.74, 6) is -1.10. The van der Waals surface area contributed by atoms with Crippen LogP contribution >= 0.6 is 11.6 Å². The molecule has 0 aliphatic heterocycles. The lowest BCUT2D eigenvalue weighted by molar-refractivity contribution is -0.137. The number of carbonyl (C=O) groups is 2. The van der Waals surface area contributed by atoms with Gasteiger partial charge in [0.05, 0.1) is 35.4 Å². The highest BCUT2D eigenvalue weighted by Crippen LogP contribution is 2.45. The number of carbonyl (C=O) groups excluding carboxylic acids is 2. The van der Waals surface area contributed by atoms with Crippen molar-refractivity contribution in [3.8, 4) is 0 Å². The maximum Gasteiger partial charge on any atom is 0.418 e. The lowest BCUT2D eigenvalue weighted by Gasteiger charge is -2.15. The highest BCUT2D eigenvalue weighted by Gasteiger charge is 2.55. The molecule has 0 bridgehead atoms. The van der Waals surface area contributed by atoms with Crippen molar-refractivity contribution in [1.29, 1.82) is 0 Å². The minimum absolute atomic E-state index is 0.0218. The lowest BCUT2D eigenvalue weighted by Crippen LogP contribution is -2.40. The molecule has 1 aliphatic carbocycles. The van der Waals surface area contributed by atoms with Crippen LogP contribution in [-0.4, -0.2) is 16.8 Å². The Bertz CT molecular complexity index is 912. The number of alkyl halides is 3. The number of hydrogen-bond acceptors (Lipinski definition) is 4. The fourth-order valence-corrected chi connectivity index (χ4v) is 2.84. The molecule has 148 valence electrons. The number of nitrogens with zero attached hydrogens (tertiary/aromatic N) is 1. The molecule has 1 fully saturated rings. The molecule has 4 N–H and O–H groups in total. The van der Waals surface area contributed by atoms with Crippen molar-refractivity contribution in [3.05, 3.63) is 52.8 Å². The molecule has 2 aromatic rings. The van der Waals surface area contributed by atoms with Crippen LogP contribution in [0.2, 0.25) is 5.02 Å². The summed E-state index contributed by atoms with van der Waals surface area (Å²) in [6, 6.07) is 6.51. The Hall–Kier alpha value is -2.81. The van der Waals surface area contributed by atoms with E-state index < -0.39 is 29.0 Å². The standard InChI is InChI=1S/C18H16ClF3N4O2/c19-10-1-4-14(13(7-10)18(20,21)22)26-12-3-2-11(24-9-12)8-25-16(28)17(5-6-17)15(23)27/h1-4,7,9,26H,5-6,8H2,(H2,23,27)(H,25,28). The second kappa shape index (κ2) is 7.31. The number of nitrogens with two attached hydrogens (primary N) is 1. The number of amides is 2. The lowest BCUT2D eigenvalue weighted by atomic mass is 10.1. The van der Waals surface area contributed by atoms with Gasteiger partial charge in [0.15, 0.2) is 0 Å². The molecule has 28 heavy (non-hydrogen) atoms. The average molecular weight is 413 g/mol. The molecule has 2 amide bonds. The van der Waals surface area contributed by atoms with Crippen LogP contribution in [0.1, 0.15) is 24.1 Å². The van der Waals surface area contributed by atoms with E-state index in [1.54, 1.807) is 6.07 Å². The van der Waals surface area contributed by atoms with Crippen LogP contribution in [0.4, 0.5) is 24.5 Å². The van der Waals surface area contributed by atoms with Gasteiger partial charge >= 0.3 is 6.18 Å². The van der Waals surface area contributed by atoms with Gasteiger partial charge in [0.25, 0.3) is 0 Å². The van der Waals surface area contributed by atoms with Crippen molar-refractivity contribution >= 4 is 34.8 Å². The monoisotopic (exact) mass is 412 g/mol. The van der Waals surface area contributed by atoms with Gasteiger partial charge in [-0.3, -0.25) is 14.6 Å². The Balaban J connectivity index is 1.66. The normalized spacial score (nSPS) is 15.0. The molecule has 3 rings (SSSR count). The minimum Gasteiger partial charge on any atom is -0.369 e. The summed E-state index contributed by atoms with van der Waals surface area (Å²) in [4.78, 5) is 27.5. The van der Waals surface area contributed by atoms with Crippen molar-refractivity contribution in [2.45, 2.75) is 25.6 Å². The van der Waals surface area contributed by atoms with E-state index in [9.17, 15) is 22.8 Å². The van der Waals surface area contributed by atoms with E-state index in [1.165, 1.54) is 24.4 Å². The zero-order valence-electron chi connectivity index (χ0n) is 14.4. The smallest absolute Gasteiger partial charge is 0.369 e. The number of pyridine rings is 1. The zero-order chi connectivity index (χ0) is 20.5. The number of benzene rings is 1. The van der Waals surface area contributed by atoms with Crippen LogP contribution in [0.25, 0.3) is 0 Å². The van der Waals surface area contributed by atoms with Gasteiger partial charge < -0.3 is 16.4 Å². The molecule has 0 unspecified atom stereocenters. The fraction of sp³-hybridized carbons (Fsp3) is 0.278. The summed E-state index contributed by atoms with van der Waals surface area (Å²) in [5.41, 5.74) is 3.88. The van der Waals surface area contributed by atoms with Gasteiger partial charge in [-0.25, -0.2) is 0 Å². The third kappa shape index (κ3) is 4.19. The Morgan fingerprint density at radius 3 is 2.46 bits per heavy atom. The molecule has 1 heterocycles. The molecule has 1 aromatic heterocycles. The predicted octanol–water partition coefficient (Wildman–Crippen LogP) is 3.38. The molecule has 1 aromatic carbocycles. The van der Waals surface area contributed by atoms with Crippen molar-refractivity contribution in [3.63, 3.8) is 0 Å². The SMILES string of the molecule is NC(=O)C1(C(=O)NCc2ccc(Nc3ccc(Cl)cc3C(F)(F)F)cn2)CC1. The van der Waals surface area contributed by atoms with Crippen LogP contribution in [0.15, 0.2) is 36.5 Å². The molecule has 0 saturated heterocycles. The van der Waals surface area contributed by atoms with E-state index in [0.29, 0.717) is 24.2 Å². The number of hydrogen-bond donors (Lipinski definition) is 3. The molecule has 10 heteroatoms. The third-order valence-corrected chi connectivity index (χ3v) is 4.71. The summed E-state index contributed by atoms with van der Waals surface area (Å²) in [6.07, 6.45) is -2.37. The predicted molar refractivity (Wildman–Crippen MR) is 96.7 cm³/mol. The van der Waals surface area contributed by atoms with Gasteiger partial charge in [0, 0.05) is 5.02 Å². The first-order valence-electron chi connectivity index (χ1n) is 8.29. The van der Waals surface area contributed by atoms with Gasteiger partial charge in [-0.15, -0.1) is 0 Å². The average Bonchev–Trinajstić information content (AvgIpc) is 3.43. The van der Waals surface area contributed by atoms with Gasteiger partial charge in [0.2, 0.25) is 11.8 Å². The first kappa shape index (κ1) is 19.9. The molecular weight excluding hydrogens is 397 g/mol. The molecular formula is C18H16ClF3N4O2. The highest BCUT2D eigenvalue weighted by atomic mass is 35.5. The number of primary amides is 1. The summed E-state index contributed by atoms with van der Waals surface area (Å²) in [7, 11) is 0. The highest BCUT2D eigenvalue weighted by molar-refractivity contribution is 6.30. The van der Waals surface area contributed by atoms with Crippen LogP contribution in [0.5, 0.6) is 0 Å². The van der Waals surface area contributed by atoms with E-state index in [-0.39, 0.29) is 17.3 Å². The van der Waals surface area contributed by atoms with Crippen LogP contribution in [0, 0.1) is 5.41 Å². The van der Waals surface area contributed by atoms with Crippen molar-refractivity contribution < 1.29 is 22.8 Å². The van der Waals surface area contributed by atoms with Crippen LogP contribution < -0.4 is 16.4 Å². The molecule has 1 saturated carbocycles. The van der Waals surface area contributed by atoms with E-state index in [2.05, 4.69) is 15.6 Å². The van der Waals surface area contributed by atoms with E-state index in [0.717, 1.165) is 6.07 Å². The summed E-state index contributed by atoms with van der Waals surface area (Å²) < 4.78 is 39.4. The van der Waals surface area contributed by atoms with Crippen molar-refractivity contribution in [1.82, 2.24) is 10.3 Å². The topological polar surface area (TPSA) is 97.1 Å². The van der Waals surface area contributed by atoms with Gasteiger partial charge in [-0.05, 0) is 43.2 Å². The van der Waals surface area contributed by atoms with Crippen molar-refractivity contribution in [2.24, 2.45) is 11.1 Å². The Morgan fingerprint density at radius 2 is 1.93 bits per heavy atom. The fourth-order valence-electron chi connectivity index (χ4n) is 2.67. The zero-order valence-corrected chi connectivity index (χ0v) is 15.2. The first-order chi connectivity index (χ1) is 13.1. The van der Waals surface area contributed by atoms with E-state index in [4.69, 9.17) is 17.3 Å². The number of nitrogens with one attached hydrogen (secondary N) is 2. The number of rotatable bonds is 6. The minimum atomic E-state index is -4.57. The molecule has 0 atom stereocenters. The second-order valence-corrected chi connectivity index (χ2v) is 6.92. The Labute approximate surface area is 163 Å². The molecule has 1 aliphatic rings. The van der Waals surface area contributed by atoms with Gasteiger partial charge in [-0.1, -0.05) is 11.6 Å². The summed E-state index contributed by atoms with van der Waals surface area (Å²) in [5, 5.41) is 5.24. The van der Waals surface area contributed by atoms with Crippen LogP contribution in [-0.2, 0) is 22.3 Å². The van der Waals surface area contributed by atoms with Gasteiger partial charge in [0.1, 0.15) is 5.41 Å². The number of anilines is 2. The third-order valence-electron chi connectivity index (χ3n) is 4.48. The van der Waals surface area contributed by atoms with Crippen LogP contribution in [0.3, 0.4) is 0 Å². The molecule has 0 radical (unpaired) electrons. The van der Waals surface area contributed by atoms with E-state index in [1.807, 2.05) is 0 Å². The summed E-state index contributed by atoms with van der Waals surface area (Å²) >= 11 is 5.66. The maximum atomic E-state index is 13.1. The second-order valence-electron chi connectivity index (χ2n) is 6.48. The largest absolute Gasteiger partial charge is 0.418 e. The Kier molecular flexibility index (Phi) is 5.20. The molecule has 6 nitrogen and oxygen atoms in total. The maximum absolute atomic E-state index is 13.1. The summed E-state index contributed by atoms with van der Waals surface area (Å²) in [6.45, 7) is 0.0723. The molecule has 0 spiro atoms. The number of aromatic nitrogens is 1. The first-order valence-corrected chi connectivity index (χ1v) is 8.66. The number of halogens is 4. The van der Waals surface area contributed by atoms with Crippen molar-refractivity contribution in [2.75, 3.05) is 5.32 Å². The van der Waals surface area contributed by atoms with Gasteiger partial charge in [-0.2, -0.15) is 13.2 Å². The Morgan fingerprint density at radius 1 is 1.21 bits per heavy atom. The van der Waals surface area contributed by atoms with E-state index >= 15 is 0 Å². The quantitative estimate of drug-likeness (QED) is 0.633.